The van der Waals surface area contributed by atoms with E-state index < -0.39 is 12.1 Å². The largest absolute Gasteiger partial charge is 0.462 e. The summed E-state index contributed by atoms with van der Waals surface area (Å²) < 4.78 is 11.5. The highest BCUT2D eigenvalue weighted by molar-refractivity contribution is 6.25. The number of nitrogens with two attached hydrogens (primary N) is 1. The van der Waals surface area contributed by atoms with E-state index in [0.717, 1.165) is 22.3 Å². The molecule has 5 nitrogen and oxygen atoms in total. The lowest BCUT2D eigenvalue weighted by molar-refractivity contribution is -0.120. The average molecular weight is 428 g/mol. The minimum absolute atomic E-state index is 0.0576. The fraction of sp³-hybridized carbons (Fsp3) is 0.185. The highest BCUT2D eigenvalue weighted by Gasteiger charge is 2.36. The number of carbonyl (C=O) groups excluding carboxylic acids is 2. The second-order valence-electron chi connectivity index (χ2n) is 7.85. The number of aryl methyl sites for hydroxylation is 3. The molecule has 3 aromatic rings. The summed E-state index contributed by atoms with van der Waals surface area (Å²) in [5, 5.41) is 0. The van der Waals surface area contributed by atoms with Gasteiger partial charge >= 0.3 is 5.97 Å². The highest BCUT2D eigenvalue weighted by atomic mass is 16.5. The van der Waals surface area contributed by atoms with Crippen LogP contribution < -0.4 is 10.5 Å². The number of hydrogen-bond acceptors (Lipinski definition) is 5. The zero-order valence-corrected chi connectivity index (χ0v) is 18.3. The Bertz CT molecular complexity index is 1210. The number of hydrogen-bond donors (Lipinski definition) is 1. The van der Waals surface area contributed by atoms with Crippen molar-refractivity contribution in [1.29, 1.82) is 0 Å². The molecule has 0 amide bonds. The van der Waals surface area contributed by atoms with Gasteiger partial charge in [-0.2, -0.15) is 0 Å². The topological polar surface area (TPSA) is 78.6 Å². The van der Waals surface area contributed by atoms with E-state index in [1.807, 2.05) is 75.4 Å². The summed E-state index contributed by atoms with van der Waals surface area (Å²) in [5.41, 5.74) is 10.7. The maximum Gasteiger partial charge on any atom is 0.343 e. The predicted octanol–water partition coefficient (Wildman–Crippen LogP) is 5.05. The van der Waals surface area contributed by atoms with Crippen LogP contribution in [0.15, 0.2) is 72.6 Å². The maximum atomic E-state index is 13.2. The van der Waals surface area contributed by atoms with Gasteiger partial charge in [0.25, 0.3) is 0 Å². The molecule has 4 rings (SSSR count). The molecule has 3 aromatic carbocycles. The van der Waals surface area contributed by atoms with Gasteiger partial charge in [-0.25, -0.2) is 4.79 Å². The van der Waals surface area contributed by atoms with Crippen molar-refractivity contribution in [1.82, 2.24) is 0 Å². The van der Waals surface area contributed by atoms with Crippen molar-refractivity contribution < 1.29 is 19.1 Å². The molecule has 5 heteroatoms. The second kappa shape index (κ2) is 8.71. The molecule has 0 bridgehead atoms. The van der Waals surface area contributed by atoms with Crippen LogP contribution in [0.4, 0.5) is 0 Å². The molecule has 0 saturated heterocycles. The summed E-state index contributed by atoms with van der Waals surface area (Å²) in [6.07, 6.45) is -0.148. The molecule has 1 atom stereocenters. The molecular weight excluding hydrogens is 402 g/mol. The average Bonchev–Trinajstić information content (AvgIpc) is 3.10. The van der Waals surface area contributed by atoms with Gasteiger partial charge in [0.15, 0.2) is 12.0 Å². The van der Waals surface area contributed by atoms with Crippen molar-refractivity contribution in [2.24, 2.45) is 5.73 Å². The number of benzene rings is 3. The lowest BCUT2D eigenvalue weighted by atomic mass is 9.93. The van der Waals surface area contributed by atoms with Crippen LogP contribution in [0, 0.1) is 13.8 Å². The van der Waals surface area contributed by atoms with Crippen molar-refractivity contribution in [3.8, 4) is 5.75 Å². The summed E-state index contributed by atoms with van der Waals surface area (Å²) in [7, 11) is 0. The Morgan fingerprint density at radius 1 is 1.00 bits per heavy atom. The predicted molar refractivity (Wildman–Crippen MR) is 123 cm³/mol. The summed E-state index contributed by atoms with van der Waals surface area (Å²) >= 11 is 0. The van der Waals surface area contributed by atoms with E-state index in [1.54, 1.807) is 12.1 Å². The number of esters is 1. The third-order valence-corrected chi connectivity index (χ3v) is 5.68. The standard InChI is InChI=1S/C27H25NO4/c1-4-18-13-14-20(15-21(18)27(30)32-24-16(2)9-8-10-17(24)3)22-23(29)25(31-26(22)28)19-11-6-5-7-12-19/h5-15,25H,4,28H2,1-3H3. The third kappa shape index (κ3) is 3.89. The minimum atomic E-state index is -0.790. The number of ketones is 1. The van der Waals surface area contributed by atoms with Crippen LogP contribution in [0.5, 0.6) is 5.75 Å². The van der Waals surface area contributed by atoms with Crippen LogP contribution in [-0.2, 0) is 16.0 Å². The highest BCUT2D eigenvalue weighted by Crippen LogP contribution is 2.37. The molecule has 2 N–H and O–H groups in total. The van der Waals surface area contributed by atoms with E-state index in [-0.39, 0.29) is 17.2 Å². The molecule has 0 spiro atoms. The van der Waals surface area contributed by atoms with Gasteiger partial charge in [-0.15, -0.1) is 0 Å². The first kappa shape index (κ1) is 21.4. The van der Waals surface area contributed by atoms with Crippen molar-refractivity contribution in [3.63, 3.8) is 0 Å². The van der Waals surface area contributed by atoms with Crippen LogP contribution in [0.25, 0.3) is 5.57 Å². The fourth-order valence-corrected chi connectivity index (χ4v) is 3.96. The van der Waals surface area contributed by atoms with E-state index in [1.165, 1.54) is 0 Å². The Morgan fingerprint density at radius 3 is 2.34 bits per heavy atom. The van der Waals surface area contributed by atoms with E-state index in [2.05, 4.69) is 0 Å². The normalized spacial score (nSPS) is 15.6. The van der Waals surface area contributed by atoms with Gasteiger partial charge in [0, 0.05) is 5.56 Å². The SMILES string of the molecule is CCc1ccc(C2=C(N)OC(c3ccccc3)C2=O)cc1C(=O)Oc1c(C)cccc1C. The number of para-hydroxylation sites is 1. The first-order chi connectivity index (χ1) is 15.4. The second-order valence-corrected chi connectivity index (χ2v) is 7.85. The van der Waals surface area contributed by atoms with Crippen molar-refractivity contribution >= 4 is 17.3 Å². The van der Waals surface area contributed by atoms with Crippen molar-refractivity contribution in [2.75, 3.05) is 0 Å². The van der Waals surface area contributed by atoms with Gasteiger partial charge in [0.05, 0.1) is 11.1 Å². The Hall–Kier alpha value is -3.86. The molecule has 1 heterocycles. The summed E-state index contributed by atoms with van der Waals surface area (Å²) in [6, 6.07) is 20.2. The van der Waals surface area contributed by atoms with Crippen LogP contribution in [-0.4, -0.2) is 11.8 Å². The van der Waals surface area contributed by atoms with Gasteiger partial charge in [0.1, 0.15) is 5.75 Å². The quantitative estimate of drug-likeness (QED) is 0.455. The van der Waals surface area contributed by atoms with Crippen LogP contribution in [0.1, 0.15) is 51.2 Å². The zero-order chi connectivity index (χ0) is 22.8. The summed E-state index contributed by atoms with van der Waals surface area (Å²) in [6.45, 7) is 5.76. The number of rotatable bonds is 5. The third-order valence-electron chi connectivity index (χ3n) is 5.68. The lowest BCUT2D eigenvalue weighted by Crippen LogP contribution is -2.14. The van der Waals surface area contributed by atoms with E-state index >= 15 is 0 Å². The molecule has 32 heavy (non-hydrogen) atoms. The van der Waals surface area contributed by atoms with Gasteiger partial charge < -0.3 is 15.2 Å². The lowest BCUT2D eigenvalue weighted by Gasteiger charge is -2.13. The van der Waals surface area contributed by atoms with E-state index in [0.29, 0.717) is 23.3 Å². The van der Waals surface area contributed by atoms with Gasteiger partial charge in [-0.05, 0) is 48.6 Å². The maximum absolute atomic E-state index is 13.2. The van der Waals surface area contributed by atoms with Crippen LogP contribution in [0.2, 0.25) is 0 Å². The zero-order valence-electron chi connectivity index (χ0n) is 18.3. The monoisotopic (exact) mass is 427 g/mol. The Labute approximate surface area is 187 Å². The Morgan fingerprint density at radius 2 is 1.69 bits per heavy atom. The van der Waals surface area contributed by atoms with E-state index in [9.17, 15) is 9.59 Å². The molecule has 0 saturated carbocycles. The molecule has 1 unspecified atom stereocenters. The van der Waals surface area contributed by atoms with Crippen LogP contribution in [0.3, 0.4) is 0 Å². The number of ether oxygens (including phenoxy) is 2. The Kier molecular flexibility index (Phi) is 5.82. The summed E-state index contributed by atoms with van der Waals surface area (Å²) in [5.74, 6) is -0.0893. The Balaban J connectivity index is 1.68. The van der Waals surface area contributed by atoms with Crippen molar-refractivity contribution in [3.05, 3.63) is 106 Å². The smallest absolute Gasteiger partial charge is 0.343 e. The molecule has 0 fully saturated rings. The molecule has 162 valence electrons. The van der Waals surface area contributed by atoms with E-state index in [4.69, 9.17) is 15.2 Å². The van der Waals surface area contributed by atoms with Gasteiger partial charge in [0.2, 0.25) is 5.78 Å². The van der Waals surface area contributed by atoms with Crippen LogP contribution >= 0.6 is 0 Å². The molecule has 0 radical (unpaired) electrons. The van der Waals surface area contributed by atoms with Gasteiger partial charge in [-0.1, -0.05) is 67.6 Å². The summed E-state index contributed by atoms with van der Waals surface area (Å²) in [4.78, 5) is 26.3. The van der Waals surface area contributed by atoms with Gasteiger partial charge in [-0.3, -0.25) is 4.79 Å². The molecule has 0 aliphatic carbocycles. The molecule has 1 aliphatic rings. The van der Waals surface area contributed by atoms with Crippen molar-refractivity contribution in [2.45, 2.75) is 33.3 Å². The first-order valence-corrected chi connectivity index (χ1v) is 10.6. The fourth-order valence-electron chi connectivity index (χ4n) is 3.96. The molecule has 0 aromatic heterocycles. The number of carbonyl (C=O) groups is 2. The molecular formula is C27H25NO4. The first-order valence-electron chi connectivity index (χ1n) is 10.6. The minimum Gasteiger partial charge on any atom is -0.462 e. The number of Topliss-reactive ketones (excluding diaryl/α,β-unsaturated/α-hetero) is 1. The molecule has 1 aliphatic heterocycles.